The van der Waals surface area contributed by atoms with Crippen molar-refractivity contribution in [3.63, 3.8) is 0 Å². The Hall–Kier alpha value is -6.64. The largest absolute Gasteiger partial charge is 0.345 e. The number of hydrogen-bond donors (Lipinski definition) is 0. The molecule has 0 spiro atoms. The molecule has 2 nitrogen and oxygen atoms in total. The zero-order valence-corrected chi connectivity index (χ0v) is 28.4. The van der Waals surface area contributed by atoms with Crippen LogP contribution in [-0.4, -0.2) is 11.6 Å². The third-order valence-electron chi connectivity index (χ3n) is 10.1. The van der Waals surface area contributed by atoms with Crippen LogP contribution >= 0.6 is 0 Å². The number of aromatic nitrogens is 1. The number of hydrogen-bond acceptors (Lipinski definition) is 1. The first kappa shape index (κ1) is 30.4. The first-order valence-electron chi connectivity index (χ1n) is 17.5. The fourth-order valence-electron chi connectivity index (χ4n) is 7.26. The van der Waals surface area contributed by atoms with E-state index < -0.39 is 0 Å². The highest BCUT2D eigenvalue weighted by Crippen LogP contribution is 2.38. The molecule has 0 bridgehead atoms. The van der Waals surface area contributed by atoms with Crippen molar-refractivity contribution in [1.82, 2.24) is 4.57 Å². The molecule has 0 saturated carbocycles. The van der Waals surface area contributed by atoms with Gasteiger partial charge in [0.2, 0.25) is 0 Å². The Morgan fingerprint density at radius 1 is 0.314 bits per heavy atom. The Labute approximate surface area is 299 Å². The molecule has 0 unspecified atom stereocenters. The van der Waals surface area contributed by atoms with Crippen molar-refractivity contribution in [1.29, 1.82) is 0 Å². The molecule has 9 aromatic rings. The maximum atomic E-state index is 2.40. The summed E-state index contributed by atoms with van der Waals surface area (Å²) in [7, 11) is 2.12. The zero-order valence-electron chi connectivity index (χ0n) is 28.4. The van der Waals surface area contributed by atoms with Crippen LogP contribution in [0.4, 0.5) is 11.4 Å². The number of rotatable bonds is 7. The molecule has 242 valence electrons. The maximum Gasteiger partial charge on any atom is 0.0541 e. The molecule has 0 fully saturated rings. The number of para-hydroxylation sites is 1. The van der Waals surface area contributed by atoms with Crippen LogP contribution < -0.4 is 4.90 Å². The smallest absolute Gasteiger partial charge is 0.0541 e. The second kappa shape index (κ2) is 13.0. The van der Waals surface area contributed by atoms with Gasteiger partial charge < -0.3 is 9.47 Å². The highest BCUT2D eigenvalue weighted by atomic mass is 15.1. The lowest BCUT2D eigenvalue weighted by atomic mass is 9.97. The SMILES string of the molecule is CN(c1ccccc1)c1ccc(-n2c3ccc(-c4ccc(-c5ccccc5)cc4)cc3c3cc(-c4ccc(-c5ccccc5)cc4)ccc32)cc1. The van der Waals surface area contributed by atoms with Crippen LogP contribution in [-0.2, 0) is 0 Å². The van der Waals surface area contributed by atoms with Gasteiger partial charge in [0.25, 0.3) is 0 Å². The normalized spacial score (nSPS) is 11.2. The molecule has 0 aliphatic carbocycles. The Morgan fingerprint density at radius 2 is 0.647 bits per heavy atom. The molecular weight excluding hydrogens is 617 g/mol. The fourth-order valence-corrected chi connectivity index (χ4v) is 7.26. The van der Waals surface area contributed by atoms with E-state index in [2.05, 4.69) is 217 Å². The molecule has 0 aliphatic heterocycles. The lowest BCUT2D eigenvalue weighted by Crippen LogP contribution is -2.09. The number of fused-ring (bicyclic) bond motifs is 3. The van der Waals surface area contributed by atoms with Crippen LogP contribution in [0.25, 0.3) is 72.0 Å². The molecule has 1 aromatic heterocycles. The van der Waals surface area contributed by atoms with Crippen LogP contribution in [0.1, 0.15) is 0 Å². The van der Waals surface area contributed by atoms with Gasteiger partial charge in [-0.15, -0.1) is 0 Å². The van der Waals surface area contributed by atoms with Crippen LogP contribution in [0.15, 0.2) is 200 Å². The Kier molecular flexibility index (Phi) is 7.75. The van der Waals surface area contributed by atoms with E-state index in [0.717, 1.165) is 17.1 Å². The molecule has 8 aromatic carbocycles. The van der Waals surface area contributed by atoms with Crippen molar-refractivity contribution >= 4 is 33.2 Å². The van der Waals surface area contributed by atoms with E-state index in [-0.39, 0.29) is 0 Å². The molecular formula is C49H36N2. The van der Waals surface area contributed by atoms with E-state index in [1.165, 1.54) is 66.3 Å². The number of anilines is 2. The molecule has 0 amide bonds. The van der Waals surface area contributed by atoms with Crippen molar-refractivity contribution in [2.45, 2.75) is 0 Å². The van der Waals surface area contributed by atoms with E-state index in [0.29, 0.717) is 0 Å². The van der Waals surface area contributed by atoms with Gasteiger partial charge in [-0.1, -0.05) is 140 Å². The Morgan fingerprint density at radius 3 is 1.08 bits per heavy atom. The predicted molar refractivity (Wildman–Crippen MR) is 217 cm³/mol. The first-order valence-corrected chi connectivity index (χ1v) is 17.5. The number of benzene rings is 8. The van der Waals surface area contributed by atoms with Crippen LogP contribution in [0.3, 0.4) is 0 Å². The average Bonchev–Trinajstić information content (AvgIpc) is 3.55. The summed E-state index contributed by atoms with van der Waals surface area (Å²) < 4.78 is 2.40. The average molecular weight is 653 g/mol. The third kappa shape index (κ3) is 5.77. The second-order valence-corrected chi connectivity index (χ2v) is 13.1. The molecule has 0 radical (unpaired) electrons. The van der Waals surface area contributed by atoms with Gasteiger partial charge >= 0.3 is 0 Å². The minimum Gasteiger partial charge on any atom is -0.345 e. The molecule has 1 heterocycles. The monoisotopic (exact) mass is 652 g/mol. The molecule has 0 aliphatic rings. The molecule has 9 rings (SSSR count). The molecule has 0 atom stereocenters. The minimum absolute atomic E-state index is 1.14. The maximum absolute atomic E-state index is 2.40. The molecule has 0 N–H and O–H groups in total. The Balaban J connectivity index is 1.15. The topological polar surface area (TPSA) is 8.17 Å². The van der Waals surface area contributed by atoms with Crippen molar-refractivity contribution in [3.05, 3.63) is 200 Å². The van der Waals surface area contributed by atoms with E-state index in [1.54, 1.807) is 0 Å². The van der Waals surface area contributed by atoms with Gasteiger partial charge in [0.05, 0.1) is 11.0 Å². The lowest BCUT2D eigenvalue weighted by molar-refractivity contribution is 1.16. The van der Waals surface area contributed by atoms with E-state index in [9.17, 15) is 0 Å². The van der Waals surface area contributed by atoms with Crippen molar-refractivity contribution < 1.29 is 0 Å². The summed E-state index contributed by atoms with van der Waals surface area (Å²) in [4.78, 5) is 2.22. The van der Waals surface area contributed by atoms with Crippen LogP contribution in [0, 0.1) is 0 Å². The van der Waals surface area contributed by atoms with Gasteiger partial charge in [-0.3, -0.25) is 0 Å². The molecule has 51 heavy (non-hydrogen) atoms. The number of nitrogens with zero attached hydrogens (tertiary/aromatic N) is 2. The molecule has 0 saturated heterocycles. The minimum atomic E-state index is 1.14. The van der Waals surface area contributed by atoms with Gasteiger partial charge in [-0.25, -0.2) is 0 Å². The van der Waals surface area contributed by atoms with Gasteiger partial charge in [-0.05, 0) is 105 Å². The van der Waals surface area contributed by atoms with Gasteiger partial charge in [-0.2, -0.15) is 0 Å². The zero-order chi connectivity index (χ0) is 34.1. The first-order chi connectivity index (χ1) is 25.2. The lowest BCUT2D eigenvalue weighted by Gasteiger charge is -2.20. The summed E-state index contributed by atoms with van der Waals surface area (Å²) >= 11 is 0. The summed E-state index contributed by atoms with van der Waals surface area (Å²) in [6.45, 7) is 0. The standard InChI is InChI=1S/C49H36N2/c1-50(43-15-9-4-10-16-43)44-27-29-45(30-28-44)51-48-31-25-41(39-21-17-37(18-22-39)35-11-5-2-6-12-35)33-46(48)47-34-42(26-32-49(47)51)40-23-19-38(20-24-40)36-13-7-3-8-14-36/h2-34H,1H3. The van der Waals surface area contributed by atoms with E-state index >= 15 is 0 Å². The predicted octanol–water partition coefficient (Wildman–Crippen LogP) is 13.2. The van der Waals surface area contributed by atoms with Crippen molar-refractivity contribution in [2.75, 3.05) is 11.9 Å². The highest BCUT2D eigenvalue weighted by molar-refractivity contribution is 6.11. The molecule has 2 heteroatoms. The Bertz CT molecular complexity index is 2440. The summed E-state index contributed by atoms with van der Waals surface area (Å²) in [5.41, 5.74) is 15.6. The fraction of sp³-hybridized carbons (Fsp3) is 0.0204. The van der Waals surface area contributed by atoms with Crippen LogP contribution in [0.2, 0.25) is 0 Å². The van der Waals surface area contributed by atoms with Crippen molar-refractivity contribution in [3.8, 4) is 50.2 Å². The highest BCUT2D eigenvalue weighted by Gasteiger charge is 2.16. The van der Waals surface area contributed by atoms with E-state index in [4.69, 9.17) is 0 Å². The van der Waals surface area contributed by atoms with Crippen LogP contribution in [0.5, 0.6) is 0 Å². The summed E-state index contributed by atoms with van der Waals surface area (Å²) in [6, 6.07) is 72.2. The third-order valence-corrected chi connectivity index (χ3v) is 10.1. The second-order valence-electron chi connectivity index (χ2n) is 13.1. The summed E-state index contributed by atoms with van der Waals surface area (Å²) in [5, 5.41) is 2.48. The summed E-state index contributed by atoms with van der Waals surface area (Å²) in [6.07, 6.45) is 0. The van der Waals surface area contributed by atoms with Gasteiger partial charge in [0, 0.05) is 34.9 Å². The van der Waals surface area contributed by atoms with Crippen molar-refractivity contribution in [2.24, 2.45) is 0 Å². The van der Waals surface area contributed by atoms with Gasteiger partial charge in [0.15, 0.2) is 0 Å². The summed E-state index contributed by atoms with van der Waals surface area (Å²) in [5.74, 6) is 0. The van der Waals surface area contributed by atoms with E-state index in [1.807, 2.05) is 0 Å². The van der Waals surface area contributed by atoms with Gasteiger partial charge in [0.1, 0.15) is 0 Å². The quantitative estimate of drug-likeness (QED) is 0.166.